The molecule has 0 bridgehead atoms. The summed E-state index contributed by atoms with van der Waals surface area (Å²) in [5.41, 5.74) is 1.77. The van der Waals surface area contributed by atoms with Crippen LogP contribution in [0.2, 0.25) is 0 Å². The van der Waals surface area contributed by atoms with Crippen LogP contribution in [0.1, 0.15) is 97.4 Å². The van der Waals surface area contributed by atoms with Crippen LogP contribution in [-0.4, -0.2) is 46.5 Å². The normalized spacial score (nSPS) is 13.6. The van der Waals surface area contributed by atoms with Gasteiger partial charge in [0.15, 0.2) is 0 Å². The standard InChI is InChI=1S/C27H45N3O4/c1-11-12-13-16-30(24(32)20(4)28-25(33)34-27(8,9)10)22(23(31)29-26(5,6)7)21-15-14-18(2)19(3)17-21/h14-15,17,20,22H,11-13,16H2,1-10H3,(H,28,33)(H,29,31). The summed E-state index contributed by atoms with van der Waals surface area (Å²) in [6.07, 6.45) is 2.00. The first-order chi connectivity index (χ1) is 15.6. The van der Waals surface area contributed by atoms with Crippen LogP contribution in [-0.2, 0) is 14.3 Å². The highest BCUT2D eigenvalue weighted by atomic mass is 16.6. The molecule has 7 heteroatoms. The van der Waals surface area contributed by atoms with Crippen molar-refractivity contribution in [2.45, 2.75) is 112 Å². The average molecular weight is 476 g/mol. The van der Waals surface area contributed by atoms with Crippen molar-refractivity contribution in [3.05, 3.63) is 34.9 Å². The Morgan fingerprint density at radius 2 is 1.62 bits per heavy atom. The maximum absolute atomic E-state index is 13.7. The number of aryl methyl sites for hydroxylation is 2. The molecule has 2 atom stereocenters. The Morgan fingerprint density at radius 3 is 2.12 bits per heavy atom. The molecular weight excluding hydrogens is 430 g/mol. The van der Waals surface area contributed by atoms with Crippen LogP contribution in [0.3, 0.4) is 0 Å². The minimum atomic E-state index is -0.854. The summed E-state index contributed by atoms with van der Waals surface area (Å²) < 4.78 is 5.32. The molecule has 1 rings (SSSR count). The van der Waals surface area contributed by atoms with E-state index in [1.54, 1.807) is 32.6 Å². The maximum atomic E-state index is 13.7. The molecule has 2 N–H and O–H groups in total. The molecule has 0 aliphatic heterocycles. The lowest BCUT2D eigenvalue weighted by atomic mass is 9.97. The second kappa shape index (κ2) is 12.2. The van der Waals surface area contributed by atoms with E-state index in [0.29, 0.717) is 6.54 Å². The van der Waals surface area contributed by atoms with Gasteiger partial charge in [0.2, 0.25) is 11.8 Å². The smallest absolute Gasteiger partial charge is 0.408 e. The molecule has 0 fully saturated rings. The van der Waals surface area contributed by atoms with Gasteiger partial charge in [-0.2, -0.15) is 0 Å². The second-order valence-electron chi connectivity index (χ2n) is 11.1. The SMILES string of the molecule is CCCCCN(C(=O)C(C)NC(=O)OC(C)(C)C)C(C(=O)NC(C)(C)C)c1ccc(C)c(C)c1. The quantitative estimate of drug-likeness (QED) is 0.481. The van der Waals surface area contributed by atoms with Crippen LogP contribution >= 0.6 is 0 Å². The monoisotopic (exact) mass is 475 g/mol. The van der Waals surface area contributed by atoms with E-state index in [-0.39, 0.29) is 11.8 Å². The van der Waals surface area contributed by atoms with Gasteiger partial charge in [-0.1, -0.05) is 38.0 Å². The van der Waals surface area contributed by atoms with Crippen molar-refractivity contribution in [2.75, 3.05) is 6.54 Å². The summed E-state index contributed by atoms with van der Waals surface area (Å²) in [6.45, 7) is 19.2. The largest absolute Gasteiger partial charge is 0.444 e. The summed E-state index contributed by atoms with van der Waals surface area (Å²) in [7, 11) is 0. The summed E-state index contributed by atoms with van der Waals surface area (Å²) >= 11 is 0. The third-order valence-corrected chi connectivity index (χ3v) is 5.29. The zero-order chi connectivity index (χ0) is 26.3. The Hall–Kier alpha value is -2.57. The van der Waals surface area contributed by atoms with Crippen LogP contribution in [0.4, 0.5) is 4.79 Å². The van der Waals surface area contributed by atoms with Crippen LogP contribution < -0.4 is 10.6 Å². The van der Waals surface area contributed by atoms with Gasteiger partial charge in [0.05, 0.1) is 0 Å². The van der Waals surface area contributed by atoms with Gasteiger partial charge in [-0.15, -0.1) is 0 Å². The Bertz CT molecular complexity index is 852. The van der Waals surface area contributed by atoms with E-state index in [9.17, 15) is 14.4 Å². The van der Waals surface area contributed by atoms with E-state index in [1.807, 2.05) is 52.8 Å². The lowest BCUT2D eigenvalue weighted by Gasteiger charge is -2.35. The summed E-state index contributed by atoms with van der Waals surface area (Å²) in [5.74, 6) is -0.570. The predicted molar refractivity (Wildman–Crippen MR) is 137 cm³/mol. The van der Waals surface area contributed by atoms with E-state index in [0.717, 1.165) is 36.0 Å². The van der Waals surface area contributed by atoms with Gasteiger partial charge in [-0.3, -0.25) is 9.59 Å². The van der Waals surface area contributed by atoms with Crippen molar-refractivity contribution in [2.24, 2.45) is 0 Å². The van der Waals surface area contributed by atoms with Gasteiger partial charge >= 0.3 is 6.09 Å². The summed E-state index contributed by atoms with van der Waals surface area (Å²) in [4.78, 5) is 41.1. The zero-order valence-electron chi connectivity index (χ0n) is 22.8. The van der Waals surface area contributed by atoms with Crippen LogP contribution in [0.15, 0.2) is 18.2 Å². The molecule has 1 aromatic carbocycles. The molecule has 0 saturated heterocycles. The number of nitrogens with one attached hydrogen (secondary N) is 2. The third-order valence-electron chi connectivity index (χ3n) is 5.29. The van der Waals surface area contributed by atoms with Crippen molar-refractivity contribution in [3.63, 3.8) is 0 Å². The third kappa shape index (κ3) is 9.74. The number of hydrogen-bond acceptors (Lipinski definition) is 4. The minimum Gasteiger partial charge on any atom is -0.444 e. The van der Waals surface area contributed by atoms with Gasteiger partial charge in [-0.25, -0.2) is 4.79 Å². The van der Waals surface area contributed by atoms with E-state index in [4.69, 9.17) is 4.74 Å². The molecule has 1 aromatic rings. The molecule has 0 spiro atoms. The zero-order valence-corrected chi connectivity index (χ0v) is 22.8. The van der Waals surface area contributed by atoms with Gasteiger partial charge in [0, 0.05) is 12.1 Å². The van der Waals surface area contributed by atoms with Crippen molar-refractivity contribution in [3.8, 4) is 0 Å². The van der Waals surface area contributed by atoms with Crippen molar-refractivity contribution >= 4 is 17.9 Å². The molecule has 7 nitrogen and oxygen atoms in total. The number of unbranched alkanes of at least 4 members (excludes halogenated alkanes) is 2. The minimum absolute atomic E-state index is 0.245. The molecule has 3 amide bonds. The fourth-order valence-corrected chi connectivity index (χ4v) is 3.54. The Morgan fingerprint density at radius 1 is 1.00 bits per heavy atom. The lowest BCUT2D eigenvalue weighted by Crippen LogP contribution is -2.54. The highest BCUT2D eigenvalue weighted by Crippen LogP contribution is 2.26. The molecule has 0 aromatic heterocycles. The first-order valence-electron chi connectivity index (χ1n) is 12.2. The predicted octanol–water partition coefficient (Wildman–Crippen LogP) is 5.19. The molecular formula is C27H45N3O4. The van der Waals surface area contributed by atoms with Crippen molar-refractivity contribution in [1.82, 2.24) is 15.5 Å². The highest BCUT2D eigenvalue weighted by molar-refractivity contribution is 5.92. The average Bonchev–Trinajstić information content (AvgIpc) is 2.66. The first-order valence-corrected chi connectivity index (χ1v) is 12.2. The number of rotatable bonds is 9. The number of benzene rings is 1. The van der Waals surface area contributed by atoms with Gasteiger partial charge < -0.3 is 20.3 Å². The molecule has 192 valence electrons. The Kier molecular flexibility index (Phi) is 10.6. The van der Waals surface area contributed by atoms with E-state index < -0.39 is 29.3 Å². The molecule has 0 aliphatic rings. The number of hydrogen-bond donors (Lipinski definition) is 2. The number of carbonyl (C=O) groups excluding carboxylic acids is 3. The lowest BCUT2D eigenvalue weighted by molar-refractivity contribution is -0.142. The highest BCUT2D eigenvalue weighted by Gasteiger charge is 2.35. The van der Waals surface area contributed by atoms with Crippen LogP contribution in [0.25, 0.3) is 0 Å². The number of nitrogens with zero attached hydrogens (tertiary/aromatic N) is 1. The second-order valence-corrected chi connectivity index (χ2v) is 11.1. The number of amides is 3. The topological polar surface area (TPSA) is 87.7 Å². The van der Waals surface area contributed by atoms with E-state index >= 15 is 0 Å². The molecule has 0 saturated carbocycles. The van der Waals surface area contributed by atoms with Crippen LogP contribution in [0, 0.1) is 13.8 Å². The number of alkyl carbamates (subject to hydrolysis) is 1. The van der Waals surface area contributed by atoms with Crippen LogP contribution in [0.5, 0.6) is 0 Å². The van der Waals surface area contributed by atoms with Crippen molar-refractivity contribution in [1.29, 1.82) is 0 Å². The fourth-order valence-electron chi connectivity index (χ4n) is 3.54. The van der Waals surface area contributed by atoms with Gasteiger partial charge in [0.1, 0.15) is 17.7 Å². The van der Waals surface area contributed by atoms with Crippen molar-refractivity contribution < 1.29 is 19.1 Å². The fraction of sp³-hybridized carbons (Fsp3) is 0.667. The van der Waals surface area contributed by atoms with E-state index in [1.165, 1.54) is 0 Å². The number of ether oxygens (including phenoxy) is 1. The molecule has 0 radical (unpaired) electrons. The Balaban J connectivity index is 3.39. The number of carbonyl (C=O) groups is 3. The first kappa shape index (κ1) is 29.5. The molecule has 0 heterocycles. The summed E-state index contributed by atoms with van der Waals surface area (Å²) in [6, 6.07) is 4.17. The molecule has 2 unspecified atom stereocenters. The Labute approximate surface area is 206 Å². The van der Waals surface area contributed by atoms with E-state index in [2.05, 4.69) is 17.6 Å². The molecule has 0 aliphatic carbocycles. The molecule has 34 heavy (non-hydrogen) atoms. The maximum Gasteiger partial charge on any atom is 0.408 e. The van der Waals surface area contributed by atoms with Gasteiger partial charge in [-0.05, 0) is 85.4 Å². The summed E-state index contributed by atoms with van der Waals surface area (Å²) in [5, 5.41) is 5.68. The van der Waals surface area contributed by atoms with Gasteiger partial charge in [0.25, 0.3) is 0 Å².